The summed E-state index contributed by atoms with van der Waals surface area (Å²) in [6, 6.07) is 14.0. The highest BCUT2D eigenvalue weighted by Gasteiger charge is 2.43. The number of phenolic OH excluding ortho intramolecular Hbond substituents is 1. The molecule has 3 N–H and O–H groups in total. The number of allylic oxidation sites excluding steroid dienone is 1. The Balaban J connectivity index is 2.47. The van der Waals surface area contributed by atoms with Crippen molar-refractivity contribution >= 4 is 33.6 Å². The molecule has 2 aromatic rings. The first kappa shape index (κ1) is 22.9. The Morgan fingerprint density at radius 3 is 2.34 bits per heavy atom. The van der Waals surface area contributed by atoms with Crippen LogP contribution in [-0.4, -0.2) is 31.3 Å². The van der Waals surface area contributed by atoms with Gasteiger partial charge in [0.15, 0.2) is 5.75 Å². The fourth-order valence-corrected chi connectivity index (χ4v) is 4.21. The molecule has 0 bridgehead atoms. The first-order valence-corrected chi connectivity index (χ1v) is 10.2. The molecular weight excluding hydrogens is 478 g/mol. The van der Waals surface area contributed by atoms with E-state index in [4.69, 9.17) is 15.2 Å². The van der Waals surface area contributed by atoms with Crippen molar-refractivity contribution in [2.45, 2.75) is 12.8 Å². The predicted molar refractivity (Wildman–Crippen MR) is 120 cm³/mol. The van der Waals surface area contributed by atoms with Crippen LogP contribution < -0.4 is 10.6 Å². The number of halogens is 1. The molecular formula is C23H20BrN3O5. The monoisotopic (exact) mass is 497 g/mol. The largest absolute Gasteiger partial charge is 0.505 e. The van der Waals surface area contributed by atoms with Gasteiger partial charge in [-0.25, -0.2) is 9.59 Å². The first-order valence-electron chi connectivity index (χ1n) is 9.41. The van der Waals surface area contributed by atoms with Gasteiger partial charge in [-0.1, -0.05) is 30.3 Å². The number of rotatable bonds is 4. The predicted octanol–water partition coefficient (Wildman–Crippen LogP) is 3.36. The van der Waals surface area contributed by atoms with Crippen LogP contribution in [0.1, 0.15) is 17.0 Å². The Hall–Kier alpha value is -3.77. The average molecular weight is 498 g/mol. The van der Waals surface area contributed by atoms with Gasteiger partial charge in [-0.2, -0.15) is 5.26 Å². The van der Waals surface area contributed by atoms with E-state index < -0.39 is 17.9 Å². The second-order valence-corrected chi connectivity index (χ2v) is 7.80. The lowest BCUT2D eigenvalue weighted by atomic mass is 9.81. The zero-order chi connectivity index (χ0) is 23.6. The summed E-state index contributed by atoms with van der Waals surface area (Å²) in [6.07, 6.45) is 0. The number of hydrogen-bond acceptors (Lipinski definition) is 8. The van der Waals surface area contributed by atoms with E-state index in [1.54, 1.807) is 49.4 Å². The number of anilines is 1. The Morgan fingerprint density at radius 2 is 1.78 bits per heavy atom. The van der Waals surface area contributed by atoms with Gasteiger partial charge in [0.1, 0.15) is 11.5 Å². The summed E-state index contributed by atoms with van der Waals surface area (Å²) >= 11 is 3.27. The lowest BCUT2D eigenvalue weighted by Crippen LogP contribution is -2.40. The Kier molecular flexibility index (Phi) is 6.55. The van der Waals surface area contributed by atoms with Gasteiger partial charge in [0.05, 0.1) is 47.5 Å². The highest BCUT2D eigenvalue weighted by Crippen LogP contribution is 2.46. The van der Waals surface area contributed by atoms with E-state index in [9.17, 15) is 20.0 Å². The molecule has 0 radical (unpaired) electrons. The number of aryl methyl sites for hydroxylation is 1. The molecule has 2 aromatic carbocycles. The number of hydrogen-bond donors (Lipinski definition) is 2. The highest BCUT2D eigenvalue weighted by atomic mass is 79.9. The number of carbonyl (C=O) groups is 2. The first-order chi connectivity index (χ1) is 15.3. The molecule has 8 nitrogen and oxygen atoms in total. The van der Waals surface area contributed by atoms with Crippen molar-refractivity contribution in [3.63, 3.8) is 0 Å². The second kappa shape index (κ2) is 9.16. The third kappa shape index (κ3) is 3.81. The summed E-state index contributed by atoms with van der Waals surface area (Å²) in [4.78, 5) is 27.1. The van der Waals surface area contributed by atoms with Crippen molar-refractivity contribution in [2.75, 3.05) is 19.1 Å². The Bertz CT molecular complexity index is 1200. The summed E-state index contributed by atoms with van der Waals surface area (Å²) in [5, 5.41) is 20.8. The molecule has 164 valence electrons. The number of nitrogens with zero attached hydrogens (tertiary/aromatic N) is 2. The van der Waals surface area contributed by atoms with Crippen LogP contribution in [0.4, 0.5) is 5.69 Å². The van der Waals surface area contributed by atoms with E-state index in [0.717, 1.165) is 17.6 Å². The van der Waals surface area contributed by atoms with E-state index in [0.29, 0.717) is 10.0 Å². The molecule has 3 rings (SSSR count). The summed E-state index contributed by atoms with van der Waals surface area (Å²) in [5.74, 6) is -3.06. The third-order valence-electron chi connectivity index (χ3n) is 5.04. The van der Waals surface area contributed by atoms with Gasteiger partial charge in [-0.3, -0.25) is 4.90 Å². The standard InChI is InChI=1S/C23H20BrN3O5/c1-12-9-15(24)20(28)16(10-12)27-19(23(30)32-3)18(22(29)31-2)17(14(11-25)21(27)26)13-7-5-4-6-8-13/h4-10,17,28H,26H2,1-3H3. The summed E-state index contributed by atoms with van der Waals surface area (Å²) < 4.78 is 10.3. The molecule has 0 saturated heterocycles. The molecule has 0 saturated carbocycles. The molecule has 0 aromatic heterocycles. The van der Waals surface area contributed by atoms with Crippen LogP contribution in [0, 0.1) is 18.3 Å². The zero-order valence-electron chi connectivity index (χ0n) is 17.5. The van der Waals surface area contributed by atoms with Crippen LogP contribution in [0.15, 0.2) is 69.6 Å². The third-order valence-corrected chi connectivity index (χ3v) is 5.64. The number of ether oxygens (including phenoxy) is 2. The minimum atomic E-state index is -0.977. The molecule has 0 spiro atoms. The normalized spacial score (nSPS) is 16.0. The van der Waals surface area contributed by atoms with Gasteiger partial charge in [-0.05, 0) is 46.1 Å². The molecule has 0 aliphatic carbocycles. The van der Waals surface area contributed by atoms with Gasteiger partial charge in [0.2, 0.25) is 0 Å². The zero-order valence-corrected chi connectivity index (χ0v) is 19.1. The van der Waals surface area contributed by atoms with Crippen LogP contribution >= 0.6 is 15.9 Å². The van der Waals surface area contributed by atoms with Crippen molar-refractivity contribution < 1.29 is 24.2 Å². The fraction of sp³-hybridized carbons (Fsp3) is 0.174. The van der Waals surface area contributed by atoms with Crippen molar-refractivity contribution in [3.8, 4) is 11.8 Å². The number of methoxy groups -OCH3 is 2. The minimum Gasteiger partial charge on any atom is -0.505 e. The maximum Gasteiger partial charge on any atom is 0.355 e. The highest BCUT2D eigenvalue weighted by molar-refractivity contribution is 9.10. The van der Waals surface area contributed by atoms with E-state index in [-0.39, 0.29) is 34.1 Å². The van der Waals surface area contributed by atoms with Crippen LogP contribution in [-0.2, 0) is 19.1 Å². The van der Waals surface area contributed by atoms with Crippen LogP contribution in [0.2, 0.25) is 0 Å². The minimum absolute atomic E-state index is 0.0151. The smallest absolute Gasteiger partial charge is 0.355 e. The van der Waals surface area contributed by atoms with Gasteiger partial charge in [0, 0.05) is 0 Å². The van der Waals surface area contributed by atoms with E-state index in [1.165, 1.54) is 7.11 Å². The van der Waals surface area contributed by atoms with Crippen molar-refractivity contribution in [2.24, 2.45) is 5.73 Å². The molecule has 9 heteroatoms. The molecule has 1 aliphatic rings. The summed E-state index contributed by atoms with van der Waals surface area (Å²) in [6.45, 7) is 1.78. The fourth-order valence-electron chi connectivity index (χ4n) is 3.65. The Morgan fingerprint density at radius 1 is 1.16 bits per heavy atom. The quantitative estimate of drug-likeness (QED) is 0.615. The number of nitriles is 1. The molecule has 32 heavy (non-hydrogen) atoms. The maximum absolute atomic E-state index is 13.0. The number of aromatic hydroxyl groups is 1. The molecule has 1 atom stereocenters. The number of carbonyl (C=O) groups excluding carboxylic acids is 2. The van der Waals surface area contributed by atoms with Gasteiger partial charge >= 0.3 is 11.9 Å². The number of esters is 2. The molecule has 0 amide bonds. The second-order valence-electron chi connectivity index (χ2n) is 6.95. The van der Waals surface area contributed by atoms with Crippen molar-refractivity contribution in [3.05, 3.63) is 80.7 Å². The Labute approximate surface area is 193 Å². The molecule has 0 fully saturated rings. The molecule has 1 heterocycles. The van der Waals surface area contributed by atoms with Gasteiger partial charge in [0.25, 0.3) is 0 Å². The number of nitrogens with two attached hydrogens (primary N) is 1. The lowest BCUT2D eigenvalue weighted by Gasteiger charge is -2.36. The average Bonchev–Trinajstić information content (AvgIpc) is 2.80. The SMILES string of the molecule is COC(=O)C1=C(C(=O)OC)N(c2cc(C)cc(Br)c2O)C(N)=C(C#N)C1c1ccccc1. The maximum atomic E-state index is 13.0. The van der Waals surface area contributed by atoms with Crippen LogP contribution in [0.5, 0.6) is 5.75 Å². The topological polar surface area (TPSA) is 126 Å². The van der Waals surface area contributed by atoms with Gasteiger partial charge < -0.3 is 20.3 Å². The van der Waals surface area contributed by atoms with E-state index in [2.05, 4.69) is 22.0 Å². The summed E-state index contributed by atoms with van der Waals surface area (Å²) in [7, 11) is 2.33. The van der Waals surface area contributed by atoms with E-state index in [1.807, 2.05) is 0 Å². The van der Waals surface area contributed by atoms with E-state index >= 15 is 0 Å². The summed E-state index contributed by atoms with van der Waals surface area (Å²) in [5.41, 5.74) is 7.42. The van der Waals surface area contributed by atoms with Crippen molar-refractivity contribution in [1.29, 1.82) is 5.26 Å². The van der Waals surface area contributed by atoms with Crippen LogP contribution in [0.25, 0.3) is 0 Å². The number of phenols is 1. The molecule has 1 unspecified atom stereocenters. The van der Waals surface area contributed by atoms with Crippen molar-refractivity contribution in [1.82, 2.24) is 0 Å². The lowest BCUT2D eigenvalue weighted by molar-refractivity contribution is -0.139. The van der Waals surface area contributed by atoms with Crippen LogP contribution in [0.3, 0.4) is 0 Å². The molecule has 1 aliphatic heterocycles. The number of benzene rings is 2. The van der Waals surface area contributed by atoms with Gasteiger partial charge in [-0.15, -0.1) is 0 Å².